The molecule has 0 unspecified atom stereocenters. The Balaban J connectivity index is 2.37. The van der Waals surface area contributed by atoms with E-state index in [1.54, 1.807) is 30.8 Å². The topological polar surface area (TPSA) is 56.7 Å². The quantitative estimate of drug-likeness (QED) is 0.267. The number of hydrogen-bond acceptors (Lipinski definition) is 4. The number of benzene rings is 1. The van der Waals surface area contributed by atoms with E-state index in [2.05, 4.69) is 34.0 Å². The summed E-state index contributed by atoms with van der Waals surface area (Å²) in [6, 6.07) is 10.3. The van der Waals surface area contributed by atoms with Gasteiger partial charge >= 0.3 is 0 Å². The van der Waals surface area contributed by atoms with Crippen molar-refractivity contribution in [3.8, 4) is 0 Å². The molecule has 0 saturated heterocycles. The highest BCUT2D eigenvalue weighted by atomic mass is 32.2. The molecule has 2 N–H and O–H groups in total. The lowest BCUT2D eigenvalue weighted by Crippen LogP contribution is -2.40. The monoisotopic (exact) mass is 382 g/mol. The summed E-state index contributed by atoms with van der Waals surface area (Å²) in [5, 5.41) is 6.64. The van der Waals surface area contributed by atoms with Crippen LogP contribution in [0.25, 0.3) is 0 Å². The third-order valence-corrected chi connectivity index (χ3v) is 5.06. The summed E-state index contributed by atoms with van der Waals surface area (Å²) in [6.45, 7) is 1.83. The molecule has 0 heterocycles. The molecule has 5 nitrogen and oxygen atoms in total. The molecule has 25 heavy (non-hydrogen) atoms. The molecule has 1 aromatic carbocycles. The molecule has 140 valence electrons. The zero-order valence-electron chi connectivity index (χ0n) is 15.5. The molecule has 1 aromatic rings. The van der Waals surface area contributed by atoms with Crippen LogP contribution in [0, 0.1) is 0 Å². The highest BCUT2D eigenvalue weighted by molar-refractivity contribution is 7.99. The van der Waals surface area contributed by atoms with E-state index in [-0.39, 0.29) is 12.5 Å². The van der Waals surface area contributed by atoms with Crippen LogP contribution in [-0.4, -0.2) is 68.3 Å². The Hall–Kier alpha value is -1.34. The normalized spacial score (nSPS) is 11.2. The SMILES string of the molecule is CSCCCCNC(=NCC(=O)N(C)C)NCCSc1ccccc1. The summed E-state index contributed by atoms with van der Waals surface area (Å²) in [5.74, 6) is 2.84. The van der Waals surface area contributed by atoms with Crippen molar-refractivity contribution in [2.24, 2.45) is 4.99 Å². The number of guanidine groups is 1. The van der Waals surface area contributed by atoms with Gasteiger partial charge in [0.1, 0.15) is 6.54 Å². The maximum atomic E-state index is 11.7. The molecule has 0 atom stereocenters. The van der Waals surface area contributed by atoms with E-state index >= 15 is 0 Å². The lowest BCUT2D eigenvalue weighted by molar-refractivity contribution is -0.127. The van der Waals surface area contributed by atoms with Gasteiger partial charge in [0.05, 0.1) is 0 Å². The Kier molecular flexibility index (Phi) is 12.1. The third-order valence-electron chi connectivity index (χ3n) is 3.35. The summed E-state index contributed by atoms with van der Waals surface area (Å²) in [4.78, 5) is 18.9. The molecule has 0 aliphatic heterocycles. The van der Waals surface area contributed by atoms with Gasteiger partial charge < -0.3 is 15.5 Å². The van der Waals surface area contributed by atoms with Crippen LogP contribution in [0.4, 0.5) is 0 Å². The van der Waals surface area contributed by atoms with Crippen molar-refractivity contribution in [2.75, 3.05) is 51.5 Å². The first kappa shape index (κ1) is 21.7. The number of carbonyl (C=O) groups is 1. The van der Waals surface area contributed by atoms with Crippen molar-refractivity contribution in [2.45, 2.75) is 17.7 Å². The maximum absolute atomic E-state index is 11.7. The minimum absolute atomic E-state index is 0.00198. The van der Waals surface area contributed by atoms with E-state index in [4.69, 9.17) is 0 Å². The van der Waals surface area contributed by atoms with E-state index in [0.717, 1.165) is 25.3 Å². The summed E-state index contributed by atoms with van der Waals surface area (Å²) in [5.41, 5.74) is 0. The molecule has 0 saturated carbocycles. The Labute approximate surface area is 160 Å². The standard InChI is InChI=1S/C18H30N4OS2/c1-22(2)17(23)15-21-18(19-11-7-8-13-24-3)20-12-14-25-16-9-5-4-6-10-16/h4-6,9-10H,7-8,11-15H2,1-3H3,(H2,19,20,21). The molecule has 1 rings (SSSR count). The molecule has 0 fully saturated rings. The Bertz CT molecular complexity index is 509. The largest absolute Gasteiger partial charge is 0.356 e. The van der Waals surface area contributed by atoms with Crippen LogP contribution in [0.15, 0.2) is 40.2 Å². The molecule has 0 spiro atoms. The minimum Gasteiger partial charge on any atom is -0.356 e. The fourth-order valence-corrected chi connectivity index (χ4v) is 3.18. The van der Waals surface area contributed by atoms with E-state index in [0.29, 0.717) is 5.96 Å². The number of likely N-dealkylation sites (N-methyl/N-ethyl adjacent to an activating group) is 1. The van der Waals surface area contributed by atoms with Crippen molar-refractivity contribution < 1.29 is 4.79 Å². The molecule has 0 aliphatic carbocycles. The smallest absolute Gasteiger partial charge is 0.243 e. The summed E-state index contributed by atoms with van der Waals surface area (Å²) in [7, 11) is 3.49. The summed E-state index contributed by atoms with van der Waals surface area (Å²) >= 11 is 3.67. The molecule has 0 aliphatic rings. The lowest BCUT2D eigenvalue weighted by Gasteiger charge is -2.13. The Morgan fingerprint density at radius 1 is 1.08 bits per heavy atom. The van der Waals surface area contributed by atoms with Crippen LogP contribution in [0.1, 0.15) is 12.8 Å². The summed E-state index contributed by atoms with van der Waals surface area (Å²) in [6.07, 6.45) is 4.41. The van der Waals surface area contributed by atoms with Crippen molar-refractivity contribution in [1.82, 2.24) is 15.5 Å². The number of amides is 1. The van der Waals surface area contributed by atoms with Crippen molar-refractivity contribution in [1.29, 1.82) is 0 Å². The van der Waals surface area contributed by atoms with Gasteiger partial charge in [0, 0.05) is 37.8 Å². The van der Waals surface area contributed by atoms with Gasteiger partial charge in [-0.1, -0.05) is 18.2 Å². The van der Waals surface area contributed by atoms with Gasteiger partial charge in [0.2, 0.25) is 5.91 Å². The molecule has 1 amide bonds. The number of hydrogen-bond donors (Lipinski definition) is 2. The molecule has 0 aromatic heterocycles. The number of nitrogens with one attached hydrogen (secondary N) is 2. The first-order valence-corrected chi connectivity index (χ1v) is 10.9. The second-order valence-electron chi connectivity index (χ2n) is 5.67. The van der Waals surface area contributed by atoms with E-state index in [1.807, 2.05) is 30.0 Å². The van der Waals surface area contributed by atoms with E-state index in [9.17, 15) is 4.79 Å². The van der Waals surface area contributed by atoms with Crippen LogP contribution in [0.3, 0.4) is 0 Å². The number of unbranched alkanes of at least 4 members (excludes halogenated alkanes) is 1. The molecule has 7 heteroatoms. The Morgan fingerprint density at radius 2 is 1.80 bits per heavy atom. The van der Waals surface area contributed by atoms with Crippen molar-refractivity contribution in [3.63, 3.8) is 0 Å². The van der Waals surface area contributed by atoms with Gasteiger partial charge in [-0.2, -0.15) is 11.8 Å². The van der Waals surface area contributed by atoms with Gasteiger partial charge in [-0.25, -0.2) is 4.99 Å². The zero-order chi connectivity index (χ0) is 18.3. The van der Waals surface area contributed by atoms with Crippen molar-refractivity contribution in [3.05, 3.63) is 30.3 Å². The average Bonchev–Trinajstić information content (AvgIpc) is 2.62. The summed E-state index contributed by atoms with van der Waals surface area (Å²) < 4.78 is 0. The molecule has 0 radical (unpaired) electrons. The number of nitrogens with zero attached hydrogens (tertiary/aromatic N) is 2. The van der Waals surface area contributed by atoms with Gasteiger partial charge in [0.15, 0.2) is 5.96 Å². The highest BCUT2D eigenvalue weighted by Gasteiger charge is 2.04. The Morgan fingerprint density at radius 3 is 2.48 bits per heavy atom. The zero-order valence-corrected chi connectivity index (χ0v) is 17.1. The van der Waals surface area contributed by atoms with Gasteiger partial charge in [0.25, 0.3) is 0 Å². The van der Waals surface area contributed by atoms with E-state index in [1.165, 1.54) is 17.1 Å². The van der Waals surface area contributed by atoms with Gasteiger partial charge in [-0.3, -0.25) is 4.79 Å². The number of carbonyl (C=O) groups excluding carboxylic acids is 1. The second-order valence-corrected chi connectivity index (χ2v) is 7.82. The number of rotatable bonds is 11. The number of aliphatic imine (C=N–C) groups is 1. The van der Waals surface area contributed by atoms with Crippen LogP contribution >= 0.6 is 23.5 Å². The fourth-order valence-electron chi connectivity index (χ4n) is 1.90. The minimum atomic E-state index is 0.00198. The van der Waals surface area contributed by atoms with Crippen LogP contribution < -0.4 is 10.6 Å². The first-order valence-electron chi connectivity index (χ1n) is 8.52. The second kappa shape index (κ2) is 13.9. The fraction of sp³-hybridized carbons (Fsp3) is 0.556. The lowest BCUT2D eigenvalue weighted by atomic mass is 10.3. The first-order chi connectivity index (χ1) is 12.1. The van der Waals surface area contributed by atoms with E-state index < -0.39 is 0 Å². The predicted molar refractivity (Wildman–Crippen MR) is 112 cm³/mol. The van der Waals surface area contributed by atoms with Crippen LogP contribution in [0.5, 0.6) is 0 Å². The third kappa shape index (κ3) is 11.0. The average molecular weight is 383 g/mol. The predicted octanol–water partition coefficient (Wildman–Crippen LogP) is 2.55. The number of thioether (sulfide) groups is 2. The van der Waals surface area contributed by atoms with Crippen molar-refractivity contribution >= 4 is 35.4 Å². The molecular weight excluding hydrogens is 352 g/mol. The molecule has 0 bridgehead atoms. The van der Waals surface area contributed by atoms with Crippen LogP contribution in [0.2, 0.25) is 0 Å². The highest BCUT2D eigenvalue weighted by Crippen LogP contribution is 2.15. The maximum Gasteiger partial charge on any atom is 0.243 e. The van der Waals surface area contributed by atoms with Gasteiger partial charge in [-0.15, -0.1) is 11.8 Å². The van der Waals surface area contributed by atoms with Gasteiger partial charge in [-0.05, 0) is 37.0 Å². The van der Waals surface area contributed by atoms with Crippen LogP contribution in [-0.2, 0) is 4.79 Å². The molecular formula is C18H30N4OS2.